The van der Waals surface area contributed by atoms with E-state index in [1.54, 1.807) is 7.11 Å². The number of hydrogen-bond acceptors (Lipinski definition) is 4. The van der Waals surface area contributed by atoms with Gasteiger partial charge in [0.1, 0.15) is 11.3 Å². The Morgan fingerprint density at radius 1 is 1.00 bits per heavy atom. The number of nitrogens with zero attached hydrogens (tertiary/aromatic N) is 2. The summed E-state index contributed by atoms with van der Waals surface area (Å²) in [4.78, 5) is 17.5. The van der Waals surface area contributed by atoms with Crippen LogP contribution in [0.4, 0.5) is 0 Å². The van der Waals surface area contributed by atoms with Crippen LogP contribution in [0.5, 0.6) is 5.75 Å². The molecule has 2 heterocycles. The molecule has 0 unspecified atom stereocenters. The Morgan fingerprint density at radius 3 is 2.25 bits per heavy atom. The third-order valence-corrected chi connectivity index (χ3v) is 6.25. The van der Waals surface area contributed by atoms with Crippen LogP contribution in [0.2, 0.25) is 5.02 Å². The Hall–Kier alpha value is -2.08. The number of amides is 1. The maximum atomic E-state index is 12.7. The van der Waals surface area contributed by atoms with E-state index in [2.05, 4.69) is 27.2 Å². The van der Waals surface area contributed by atoms with E-state index >= 15 is 0 Å². The Labute approximate surface area is 171 Å². The van der Waals surface area contributed by atoms with Crippen molar-refractivity contribution in [3.63, 3.8) is 0 Å². The molecular formula is C22H26ClN3O2. The fraction of sp³-hybridized carbons (Fsp3) is 0.409. The number of hydrogen-bond donors (Lipinski definition) is 1. The fourth-order valence-corrected chi connectivity index (χ4v) is 4.38. The quantitative estimate of drug-likeness (QED) is 0.838. The van der Waals surface area contributed by atoms with Crippen molar-refractivity contribution < 1.29 is 9.53 Å². The summed E-state index contributed by atoms with van der Waals surface area (Å²) in [5.74, 6) is 1.05. The van der Waals surface area contributed by atoms with Crippen LogP contribution in [0.15, 0.2) is 48.5 Å². The predicted octanol–water partition coefficient (Wildman–Crippen LogP) is 3.27. The topological polar surface area (TPSA) is 44.8 Å². The van der Waals surface area contributed by atoms with Gasteiger partial charge in [0.15, 0.2) is 0 Å². The SMILES string of the molecule is COc1ccc(CN2CCC3(CC2)C(=O)NCN3Cc2ccc(Cl)cc2)cc1. The molecule has 2 aliphatic heterocycles. The summed E-state index contributed by atoms with van der Waals surface area (Å²) in [6.45, 7) is 4.10. The van der Waals surface area contributed by atoms with Gasteiger partial charge in [-0.25, -0.2) is 0 Å². The average molecular weight is 400 g/mol. The lowest BCUT2D eigenvalue weighted by Gasteiger charge is -2.42. The molecule has 2 fully saturated rings. The van der Waals surface area contributed by atoms with Gasteiger partial charge in [-0.15, -0.1) is 0 Å². The highest BCUT2D eigenvalue weighted by atomic mass is 35.5. The maximum absolute atomic E-state index is 12.7. The molecule has 28 heavy (non-hydrogen) atoms. The number of ether oxygens (including phenoxy) is 1. The number of benzene rings is 2. The molecule has 0 radical (unpaired) electrons. The number of rotatable bonds is 5. The predicted molar refractivity (Wildman–Crippen MR) is 110 cm³/mol. The van der Waals surface area contributed by atoms with Crippen molar-refractivity contribution in [1.29, 1.82) is 0 Å². The van der Waals surface area contributed by atoms with Crippen molar-refractivity contribution in [2.75, 3.05) is 26.9 Å². The van der Waals surface area contributed by atoms with Gasteiger partial charge >= 0.3 is 0 Å². The minimum atomic E-state index is -0.393. The van der Waals surface area contributed by atoms with Gasteiger partial charge in [-0.1, -0.05) is 35.9 Å². The minimum absolute atomic E-state index is 0.172. The molecule has 0 aliphatic carbocycles. The number of carbonyl (C=O) groups excluding carboxylic acids is 1. The van der Waals surface area contributed by atoms with E-state index in [4.69, 9.17) is 16.3 Å². The first-order chi connectivity index (χ1) is 13.6. The number of carbonyl (C=O) groups is 1. The van der Waals surface area contributed by atoms with E-state index in [1.807, 2.05) is 36.4 Å². The Balaban J connectivity index is 1.40. The molecule has 0 bridgehead atoms. The lowest BCUT2D eigenvalue weighted by molar-refractivity contribution is -0.129. The Kier molecular flexibility index (Phi) is 5.58. The molecule has 2 saturated heterocycles. The van der Waals surface area contributed by atoms with Crippen molar-refractivity contribution in [2.45, 2.75) is 31.5 Å². The van der Waals surface area contributed by atoms with E-state index < -0.39 is 5.54 Å². The molecule has 4 rings (SSSR count). The maximum Gasteiger partial charge on any atom is 0.241 e. The number of piperidine rings is 1. The lowest BCUT2D eigenvalue weighted by Crippen LogP contribution is -2.55. The fourth-order valence-electron chi connectivity index (χ4n) is 4.26. The highest BCUT2D eigenvalue weighted by molar-refractivity contribution is 6.30. The van der Waals surface area contributed by atoms with Gasteiger partial charge in [0.25, 0.3) is 0 Å². The molecule has 0 aromatic heterocycles. The van der Waals surface area contributed by atoms with Gasteiger partial charge in [-0.3, -0.25) is 14.6 Å². The molecular weight excluding hydrogens is 374 g/mol. The van der Waals surface area contributed by atoms with Crippen LogP contribution < -0.4 is 10.1 Å². The van der Waals surface area contributed by atoms with Gasteiger partial charge in [0.05, 0.1) is 13.8 Å². The molecule has 2 aromatic rings. The van der Waals surface area contributed by atoms with Crippen molar-refractivity contribution in [2.24, 2.45) is 0 Å². The lowest BCUT2D eigenvalue weighted by atomic mass is 9.85. The van der Waals surface area contributed by atoms with Crippen molar-refractivity contribution in [3.05, 3.63) is 64.7 Å². The normalized spacial score (nSPS) is 19.7. The summed E-state index contributed by atoms with van der Waals surface area (Å²) in [6.07, 6.45) is 1.70. The van der Waals surface area contributed by atoms with Crippen LogP contribution >= 0.6 is 11.6 Å². The third kappa shape index (κ3) is 3.88. The first-order valence-corrected chi connectivity index (χ1v) is 10.1. The Bertz CT molecular complexity index is 815. The molecule has 1 spiro atoms. The molecule has 0 saturated carbocycles. The van der Waals surface area contributed by atoms with Crippen LogP contribution in [0.3, 0.4) is 0 Å². The summed E-state index contributed by atoms with van der Waals surface area (Å²) in [5, 5.41) is 3.80. The highest BCUT2D eigenvalue weighted by Gasteiger charge is 2.49. The number of halogens is 1. The average Bonchev–Trinajstić information content (AvgIpc) is 3.01. The molecule has 148 valence electrons. The molecule has 1 N–H and O–H groups in total. The number of nitrogens with one attached hydrogen (secondary N) is 1. The van der Waals surface area contributed by atoms with Crippen LogP contribution in [-0.4, -0.2) is 48.1 Å². The van der Waals surface area contributed by atoms with E-state index in [0.717, 1.165) is 49.8 Å². The van der Waals surface area contributed by atoms with Crippen molar-refractivity contribution >= 4 is 17.5 Å². The zero-order chi connectivity index (χ0) is 19.6. The second kappa shape index (κ2) is 8.11. The van der Waals surface area contributed by atoms with Crippen LogP contribution in [0.1, 0.15) is 24.0 Å². The summed E-state index contributed by atoms with van der Waals surface area (Å²) < 4.78 is 5.23. The second-order valence-corrected chi connectivity index (χ2v) is 8.08. The first kappa shape index (κ1) is 19.2. The van der Waals surface area contributed by atoms with Crippen molar-refractivity contribution in [1.82, 2.24) is 15.1 Å². The van der Waals surface area contributed by atoms with Crippen LogP contribution in [-0.2, 0) is 17.9 Å². The second-order valence-electron chi connectivity index (χ2n) is 7.64. The van der Waals surface area contributed by atoms with Crippen LogP contribution in [0, 0.1) is 0 Å². The summed E-state index contributed by atoms with van der Waals surface area (Å²) >= 11 is 6.00. The summed E-state index contributed by atoms with van der Waals surface area (Å²) in [6, 6.07) is 16.1. The zero-order valence-electron chi connectivity index (χ0n) is 16.2. The molecule has 6 heteroatoms. The van der Waals surface area contributed by atoms with Gasteiger partial charge in [-0.05, 0) is 48.2 Å². The first-order valence-electron chi connectivity index (χ1n) is 9.72. The largest absolute Gasteiger partial charge is 0.497 e. The van der Waals surface area contributed by atoms with Gasteiger partial charge in [0.2, 0.25) is 5.91 Å². The Morgan fingerprint density at radius 2 is 1.61 bits per heavy atom. The molecule has 0 atom stereocenters. The highest BCUT2D eigenvalue weighted by Crippen LogP contribution is 2.34. The van der Waals surface area contributed by atoms with Crippen LogP contribution in [0.25, 0.3) is 0 Å². The standard InChI is InChI=1S/C22H26ClN3O2/c1-28-20-8-4-17(5-9-20)14-25-12-10-22(11-13-25)21(27)24-16-26(22)15-18-2-6-19(23)7-3-18/h2-9H,10-16H2,1H3,(H,24,27). The van der Waals surface area contributed by atoms with Gasteiger partial charge in [0, 0.05) is 31.2 Å². The van der Waals surface area contributed by atoms with E-state index in [-0.39, 0.29) is 5.91 Å². The number of methoxy groups -OCH3 is 1. The smallest absolute Gasteiger partial charge is 0.241 e. The van der Waals surface area contributed by atoms with E-state index in [0.29, 0.717) is 6.67 Å². The molecule has 2 aliphatic rings. The minimum Gasteiger partial charge on any atom is -0.497 e. The molecule has 5 nitrogen and oxygen atoms in total. The molecule has 2 aromatic carbocycles. The van der Waals surface area contributed by atoms with Crippen molar-refractivity contribution in [3.8, 4) is 5.75 Å². The zero-order valence-corrected chi connectivity index (χ0v) is 16.9. The summed E-state index contributed by atoms with van der Waals surface area (Å²) in [7, 11) is 1.68. The van der Waals surface area contributed by atoms with E-state index in [1.165, 1.54) is 11.1 Å². The van der Waals surface area contributed by atoms with Gasteiger partial charge in [-0.2, -0.15) is 0 Å². The number of likely N-dealkylation sites (tertiary alicyclic amines) is 1. The van der Waals surface area contributed by atoms with E-state index in [9.17, 15) is 4.79 Å². The molecule has 1 amide bonds. The monoisotopic (exact) mass is 399 g/mol. The third-order valence-electron chi connectivity index (χ3n) is 5.99. The summed E-state index contributed by atoms with van der Waals surface area (Å²) in [5.41, 5.74) is 2.06. The van der Waals surface area contributed by atoms with Gasteiger partial charge < -0.3 is 10.1 Å².